The first kappa shape index (κ1) is 18.1. The molecule has 8 heteroatoms. The second kappa shape index (κ2) is 7.65. The Morgan fingerprint density at radius 2 is 2.12 bits per heavy atom. The van der Waals surface area contributed by atoms with E-state index in [1.54, 1.807) is 25.3 Å². The van der Waals surface area contributed by atoms with Gasteiger partial charge in [-0.1, -0.05) is 6.92 Å². The van der Waals surface area contributed by atoms with Gasteiger partial charge in [-0.3, -0.25) is 4.79 Å². The van der Waals surface area contributed by atoms with E-state index in [0.717, 1.165) is 11.3 Å². The summed E-state index contributed by atoms with van der Waals surface area (Å²) >= 11 is 1.35. The molecular formula is C18H18FN3O3S. The zero-order valence-corrected chi connectivity index (χ0v) is 15.2. The fourth-order valence-electron chi connectivity index (χ4n) is 2.51. The van der Waals surface area contributed by atoms with Crippen LogP contribution < -0.4 is 5.32 Å². The van der Waals surface area contributed by atoms with Crippen molar-refractivity contribution in [1.29, 1.82) is 0 Å². The number of carbonyl (C=O) groups is 2. The Kier molecular flexibility index (Phi) is 5.32. The van der Waals surface area contributed by atoms with Crippen LogP contribution in [0.15, 0.2) is 30.6 Å². The van der Waals surface area contributed by atoms with Crippen LogP contribution in [0, 0.1) is 5.82 Å². The van der Waals surface area contributed by atoms with Gasteiger partial charge < -0.3 is 14.5 Å². The molecule has 3 rings (SSSR count). The number of hydrogen-bond acceptors (Lipinski definition) is 5. The number of aryl methyl sites for hydroxylation is 1. The molecule has 0 radical (unpaired) electrons. The Morgan fingerprint density at radius 3 is 2.85 bits per heavy atom. The molecule has 0 aliphatic heterocycles. The lowest BCUT2D eigenvalue weighted by Gasteiger charge is -2.05. The van der Waals surface area contributed by atoms with Crippen LogP contribution in [0.5, 0.6) is 0 Å². The number of pyridine rings is 1. The van der Waals surface area contributed by atoms with Gasteiger partial charge in [-0.2, -0.15) is 0 Å². The first-order chi connectivity index (χ1) is 12.5. The van der Waals surface area contributed by atoms with E-state index in [9.17, 15) is 14.0 Å². The molecule has 3 aromatic rings. The number of thiophene rings is 1. The second-order valence-electron chi connectivity index (χ2n) is 5.60. The number of carbonyl (C=O) groups excluding carboxylic acids is 2. The average molecular weight is 375 g/mol. The fraction of sp³-hybridized carbons (Fsp3) is 0.278. The van der Waals surface area contributed by atoms with E-state index in [4.69, 9.17) is 4.74 Å². The molecule has 0 saturated heterocycles. The minimum absolute atomic E-state index is 0.0188. The van der Waals surface area contributed by atoms with Crippen molar-refractivity contribution in [2.75, 3.05) is 11.9 Å². The molecule has 0 aliphatic carbocycles. The third-order valence-electron chi connectivity index (χ3n) is 3.69. The van der Waals surface area contributed by atoms with Gasteiger partial charge >= 0.3 is 5.97 Å². The highest BCUT2D eigenvalue weighted by molar-refractivity contribution is 7.16. The van der Waals surface area contributed by atoms with Crippen LogP contribution in [0.1, 0.15) is 34.8 Å². The third-order valence-corrected chi connectivity index (χ3v) is 4.88. The van der Waals surface area contributed by atoms with Crippen molar-refractivity contribution >= 4 is 33.9 Å². The summed E-state index contributed by atoms with van der Waals surface area (Å²) in [5.74, 6) is -1.14. The number of fused-ring (bicyclic) bond motifs is 1. The predicted molar refractivity (Wildman–Crippen MR) is 97.1 cm³/mol. The molecule has 0 saturated carbocycles. The summed E-state index contributed by atoms with van der Waals surface area (Å²) in [6.07, 6.45) is 3.68. The molecule has 0 unspecified atom stereocenters. The molecule has 0 fully saturated rings. The summed E-state index contributed by atoms with van der Waals surface area (Å²) in [4.78, 5) is 29.7. The molecule has 0 bridgehead atoms. The third kappa shape index (κ3) is 3.91. The topological polar surface area (TPSA) is 72.7 Å². The van der Waals surface area contributed by atoms with Gasteiger partial charge in [-0.25, -0.2) is 14.2 Å². The van der Waals surface area contributed by atoms with Crippen LogP contribution in [-0.4, -0.2) is 27.9 Å². The van der Waals surface area contributed by atoms with Gasteiger partial charge in [0.1, 0.15) is 16.5 Å². The van der Waals surface area contributed by atoms with Gasteiger partial charge in [0.2, 0.25) is 5.91 Å². The number of nitrogens with one attached hydrogen (secondary N) is 1. The van der Waals surface area contributed by atoms with Crippen LogP contribution in [-0.2, 0) is 22.4 Å². The molecule has 0 aromatic carbocycles. The molecule has 1 amide bonds. The summed E-state index contributed by atoms with van der Waals surface area (Å²) < 4.78 is 19.8. The first-order valence-corrected chi connectivity index (χ1v) is 9.04. The van der Waals surface area contributed by atoms with Crippen LogP contribution in [0.25, 0.3) is 5.65 Å². The summed E-state index contributed by atoms with van der Waals surface area (Å²) in [5.41, 5.74) is 1.43. The number of imidazole rings is 1. The monoisotopic (exact) mass is 375 g/mol. The normalized spacial score (nSPS) is 10.9. The Morgan fingerprint density at radius 1 is 1.31 bits per heavy atom. The van der Waals surface area contributed by atoms with Gasteiger partial charge in [-0.05, 0) is 31.5 Å². The predicted octanol–water partition coefficient (Wildman–Crippen LogP) is 3.46. The van der Waals surface area contributed by atoms with Gasteiger partial charge in [0, 0.05) is 17.3 Å². The van der Waals surface area contributed by atoms with Crippen LogP contribution in [0.3, 0.4) is 0 Å². The molecule has 3 aromatic heterocycles. The maximum absolute atomic E-state index is 13.2. The number of rotatable bonds is 6. The maximum Gasteiger partial charge on any atom is 0.341 e. The van der Waals surface area contributed by atoms with Crippen molar-refractivity contribution in [3.8, 4) is 0 Å². The zero-order valence-electron chi connectivity index (χ0n) is 14.4. The quantitative estimate of drug-likeness (QED) is 0.670. The molecule has 0 atom stereocenters. The summed E-state index contributed by atoms with van der Waals surface area (Å²) in [5, 5.41) is 3.24. The Hall–Kier alpha value is -2.74. The van der Waals surface area contributed by atoms with Crippen molar-refractivity contribution in [3.05, 3.63) is 52.5 Å². The molecule has 3 heterocycles. The summed E-state index contributed by atoms with van der Waals surface area (Å²) in [6, 6.07) is 4.60. The van der Waals surface area contributed by atoms with E-state index in [1.807, 2.05) is 6.92 Å². The lowest BCUT2D eigenvalue weighted by molar-refractivity contribution is -0.115. The lowest BCUT2D eigenvalue weighted by Crippen LogP contribution is -2.16. The standard InChI is InChI=1S/C18H18FN3O3S/c1-3-13-8-14(18(24)25-4-2)17(26-13)21-16(23)7-12-10-22-9-11(19)5-6-15(22)20-12/h5-6,8-10H,3-4,7H2,1-2H3,(H,21,23). The van der Waals surface area contributed by atoms with Crippen molar-refractivity contribution in [1.82, 2.24) is 9.38 Å². The number of halogens is 1. The number of aromatic nitrogens is 2. The Balaban J connectivity index is 1.76. The number of ether oxygens (including phenoxy) is 1. The van der Waals surface area contributed by atoms with E-state index in [0.29, 0.717) is 21.9 Å². The largest absolute Gasteiger partial charge is 0.462 e. The van der Waals surface area contributed by atoms with Gasteiger partial charge in [0.05, 0.1) is 24.3 Å². The van der Waals surface area contributed by atoms with Crippen molar-refractivity contribution < 1.29 is 18.7 Å². The molecule has 6 nitrogen and oxygen atoms in total. The van der Waals surface area contributed by atoms with Crippen molar-refractivity contribution in [2.45, 2.75) is 26.7 Å². The smallest absolute Gasteiger partial charge is 0.341 e. The second-order valence-corrected chi connectivity index (χ2v) is 6.74. The average Bonchev–Trinajstić information content (AvgIpc) is 3.17. The Labute approximate surface area is 153 Å². The Bertz CT molecular complexity index is 964. The molecule has 0 spiro atoms. The van der Waals surface area contributed by atoms with E-state index in [2.05, 4.69) is 10.3 Å². The zero-order chi connectivity index (χ0) is 18.7. The highest BCUT2D eigenvalue weighted by atomic mass is 32.1. The number of hydrogen-bond donors (Lipinski definition) is 1. The molecule has 1 N–H and O–H groups in total. The molecule has 26 heavy (non-hydrogen) atoms. The van der Waals surface area contributed by atoms with Crippen molar-refractivity contribution in [3.63, 3.8) is 0 Å². The number of anilines is 1. The van der Waals surface area contributed by atoms with E-state index in [-0.39, 0.29) is 24.8 Å². The first-order valence-electron chi connectivity index (χ1n) is 8.23. The van der Waals surface area contributed by atoms with Crippen LogP contribution in [0.2, 0.25) is 0 Å². The summed E-state index contributed by atoms with van der Waals surface area (Å²) in [6.45, 7) is 3.97. The maximum atomic E-state index is 13.2. The highest BCUT2D eigenvalue weighted by Crippen LogP contribution is 2.29. The van der Waals surface area contributed by atoms with E-state index < -0.39 is 5.97 Å². The lowest BCUT2D eigenvalue weighted by atomic mass is 10.2. The van der Waals surface area contributed by atoms with Gasteiger partial charge in [0.25, 0.3) is 0 Å². The fourth-order valence-corrected chi connectivity index (χ4v) is 3.51. The summed E-state index contributed by atoms with van der Waals surface area (Å²) in [7, 11) is 0. The highest BCUT2D eigenvalue weighted by Gasteiger charge is 2.19. The van der Waals surface area contributed by atoms with E-state index in [1.165, 1.54) is 28.0 Å². The SMILES string of the molecule is CCOC(=O)c1cc(CC)sc1NC(=O)Cc1cn2cc(F)ccc2n1. The number of esters is 1. The number of nitrogens with zero attached hydrogens (tertiary/aromatic N) is 2. The van der Waals surface area contributed by atoms with Gasteiger partial charge in [-0.15, -0.1) is 11.3 Å². The minimum atomic E-state index is -0.457. The van der Waals surface area contributed by atoms with Crippen LogP contribution in [0.4, 0.5) is 9.39 Å². The minimum Gasteiger partial charge on any atom is -0.462 e. The van der Waals surface area contributed by atoms with Crippen LogP contribution >= 0.6 is 11.3 Å². The van der Waals surface area contributed by atoms with E-state index >= 15 is 0 Å². The molecular weight excluding hydrogens is 357 g/mol. The number of amides is 1. The van der Waals surface area contributed by atoms with Crippen molar-refractivity contribution in [2.24, 2.45) is 0 Å². The molecule has 136 valence electrons. The molecule has 0 aliphatic rings. The van der Waals surface area contributed by atoms with Gasteiger partial charge in [0.15, 0.2) is 0 Å².